The molecule has 40 heavy (non-hydrogen) atoms. The molecule has 2 aliphatic heterocycles. The summed E-state index contributed by atoms with van der Waals surface area (Å²) in [6.45, 7) is 3.87. The number of ether oxygens (including phenoxy) is 3. The average molecular weight is 552 g/mol. The van der Waals surface area contributed by atoms with E-state index in [4.69, 9.17) is 19.2 Å². The number of hydrogen-bond donors (Lipinski definition) is 2. The van der Waals surface area contributed by atoms with Crippen molar-refractivity contribution in [1.82, 2.24) is 9.88 Å². The minimum atomic E-state index is -0.815. The topological polar surface area (TPSA) is 93.2 Å². The number of fused-ring (bicyclic) bond motifs is 1. The summed E-state index contributed by atoms with van der Waals surface area (Å²) in [5.74, 6) is 2.89. The number of aryl methyl sites for hydroxylation is 1. The highest BCUT2D eigenvalue weighted by Gasteiger charge is 2.35. The molecular formula is C32H45N3O5. The molecule has 2 N–H and O–H groups in total. The van der Waals surface area contributed by atoms with Gasteiger partial charge in [-0.15, -0.1) is 0 Å². The van der Waals surface area contributed by atoms with Crippen molar-refractivity contribution in [3.8, 4) is 11.5 Å². The van der Waals surface area contributed by atoms with Gasteiger partial charge in [0.05, 0.1) is 20.8 Å². The Morgan fingerprint density at radius 1 is 1.10 bits per heavy atom. The van der Waals surface area contributed by atoms with Crippen LogP contribution < -0.4 is 14.8 Å². The normalized spacial score (nSPS) is 19.6. The van der Waals surface area contributed by atoms with E-state index in [1.54, 1.807) is 14.2 Å². The van der Waals surface area contributed by atoms with Crippen LogP contribution in [0.4, 0.5) is 5.82 Å². The van der Waals surface area contributed by atoms with Crippen molar-refractivity contribution in [2.24, 2.45) is 11.8 Å². The molecule has 8 heteroatoms. The first-order valence-electron chi connectivity index (χ1n) is 15.1. The molecule has 0 amide bonds. The van der Waals surface area contributed by atoms with Crippen molar-refractivity contribution < 1.29 is 24.1 Å². The summed E-state index contributed by atoms with van der Waals surface area (Å²) in [5.41, 5.74) is 4.27. The van der Waals surface area contributed by atoms with E-state index >= 15 is 0 Å². The zero-order valence-electron chi connectivity index (χ0n) is 24.1. The first kappa shape index (κ1) is 28.7. The predicted molar refractivity (Wildman–Crippen MR) is 155 cm³/mol. The number of anilines is 1. The van der Waals surface area contributed by atoms with Gasteiger partial charge in [-0.2, -0.15) is 0 Å². The largest absolute Gasteiger partial charge is 0.496 e. The van der Waals surface area contributed by atoms with E-state index in [1.165, 1.54) is 24.0 Å². The molecule has 2 fully saturated rings. The SMILES string of the molecule is COc1ccc(CC2CC2)cc1C(C(=O)O)N1CCC(COCCCCCc2cc(OC)c3c(n2)NCCC3)C1. The number of carboxylic acid groups (broad SMARTS) is 1. The summed E-state index contributed by atoms with van der Waals surface area (Å²) in [6, 6.07) is 7.49. The lowest BCUT2D eigenvalue weighted by atomic mass is 9.98. The van der Waals surface area contributed by atoms with Crippen molar-refractivity contribution in [3.63, 3.8) is 0 Å². The van der Waals surface area contributed by atoms with Crippen molar-refractivity contribution in [3.05, 3.63) is 46.6 Å². The van der Waals surface area contributed by atoms with Gasteiger partial charge in [0.2, 0.25) is 0 Å². The van der Waals surface area contributed by atoms with Crippen LogP contribution in [0.5, 0.6) is 11.5 Å². The lowest BCUT2D eigenvalue weighted by molar-refractivity contribution is -0.143. The van der Waals surface area contributed by atoms with Crippen LogP contribution in [0.1, 0.15) is 73.4 Å². The van der Waals surface area contributed by atoms with Gasteiger partial charge in [0.15, 0.2) is 0 Å². The monoisotopic (exact) mass is 551 g/mol. The van der Waals surface area contributed by atoms with E-state index < -0.39 is 12.0 Å². The number of hydrogen-bond acceptors (Lipinski definition) is 7. The van der Waals surface area contributed by atoms with E-state index in [0.29, 0.717) is 18.3 Å². The zero-order chi connectivity index (χ0) is 27.9. The van der Waals surface area contributed by atoms with Crippen molar-refractivity contribution in [2.75, 3.05) is 52.4 Å². The number of carbonyl (C=O) groups is 1. The second-order valence-electron chi connectivity index (χ2n) is 11.7. The molecule has 1 saturated carbocycles. The van der Waals surface area contributed by atoms with E-state index in [1.807, 2.05) is 6.07 Å². The summed E-state index contributed by atoms with van der Waals surface area (Å²) in [7, 11) is 3.36. The average Bonchev–Trinajstić information content (AvgIpc) is 3.66. The zero-order valence-corrected chi connectivity index (χ0v) is 24.1. The van der Waals surface area contributed by atoms with Gasteiger partial charge in [-0.05, 0) is 93.9 Å². The van der Waals surface area contributed by atoms with Crippen molar-refractivity contribution >= 4 is 11.8 Å². The molecule has 2 unspecified atom stereocenters. The maximum atomic E-state index is 12.4. The van der Waals surface area contributed by atoms with E-state index in [0.717, 1.165) is 106 Å². The highest BCUT2D eigenvalue weighted by molar-refractivity contribution is 5.77. The number of nitrogens with one attached hydrogen (secondary N) is 1. The molecule has 0 spiro atoms. The number of carboxylic acids is 1. The molecule has 218 valence electrons. The number of aliphatic carboxylic acids is 1. The Hall–Kier alpha value is -2.84. The van der Waals surface area contributed by atoms with Crippen LogP contribution >= 0.6 is 0 Å². The molecule has 1 saturated heterocycles. The van der Waals surface area contributed by atoms with Crippen molar-refractivity contribution in [2.45, 2.75) is 70.3 Å². The fraction of sp³-hybridized carbons (Fsp3) is 0.625. The maximum absolute atomic E-state index is 12.4. The van der Waals surface area contributed by atoms with Gasteiger partial charge in [-0.25, -0.2) is 4.98 Å². The molecule has 3 aliphatic rings. The van der Waals surface area contributed by atoms with Gasteiger partial charge in [0.1, 0.15) is 23.4 Å². The van der Waals surface area contributed by atoms with Crippen molar-refractivity contribution in [1.29, 1.82) is 0 Å². The third-order valence-corrected chi connectivity index (χ3v) is 8.55. The molecule has 0 bridgehead atoms. The van der Waals surface area contributed by atoms with Gasteiger partial charge in [0.25, 0.3) is 0 Å². The Morgan fingerprint density at radius 3 is 2.73 bits per heavy atom. The highest BCUT2D eigenvalue weighted by atomic mass is 16.5. The maximum Gasteiger partial charge on any atom is 0.325 e. The molecule has 2 aromatic rings. The van der Waals surface area contributed by atoms with Crippen LogP contribution in [0.25, 0.3) is 0 Å². The standard InChI is InChI=1S/C32H45N3O5/c1-38-28-12-11-23(17-22-9-10-22)18-27(28)30(32(36)37)35-15-13-24(20-35)21-40-16-5-3-4-7-25-19-29(39-2)26-8-6-14-33-31(26)34-25/h11-12,18-19,22,24,30H,3-10,13-17,20-21H2,1-2H3,(H,33,34)(H,36,37). The first-order chi connectivity index (χ1) is 19.6. The van der Waals surface area contributed by atoms with E-state index in [-0.39, 0.29) is 0 Å². The summed E-state index contributed by atoms with van der Waals surface area (Å²) >= 11 is 0. The summed E-state index contributed by atoms with van der Waals surface area (Å²) in [5, 5.41) is 13.6. The number of nitrogens with zero attached hydrogens (tertiary/aromatic N) is 2. The van der Waals surface area contributed by atoms with Crippen LogP contribution in [0.3, 0.4) is 0 Å². The lowest BCUT2D eigenvalue weighted by Crippen LogP contribution is -2.33. The van der Waals surface area contributed by atoms with E-state index in [9.17, 15) is 9.90 Å². The van der Waals surface area contributed by atoms with Crippen LogP contribution in [-0.4, -0.2) is 68.0 Å². The Balaban J connectivity index is 1.05. The first-order valence-corrected chi connectivity index (χ1v) is 15.1. The number of unbranched alkanes of at least 4 members (excludes halogenated alkanes) is 2. The fourth-order valence-electron chi connectivity index (χ4n) is 6.20. The van der Waals surface area contributed by atoms with Crippen LogP contribution in [-0.2, 0) is 28.8 Å². The Bertz CT molecular complexity index is 1130. The summed E-state index contributed by atoms with van der Waals surface area (Å²) < 4.78 is 17.2. The van der Waals surface area contributed by atoms with Gasteiger partial charge in [-0.3, -0.25) is 9.69 Å². The predicted octanol–water partition coefficient (Wildman–Crippen LogP) is 5.29. The number of pyridine rings is 1. The molecular weight excluding hydrogens is 506 g/mol. The van der Waals surface area contributed by atoms with Crippen LogP contribution in [0.2, 0.25) is 0 Å². The fourth-order valence-corrected chi connectivity index (χ4v) is 6.20. The molecule has 1 aromatic heterocycles. The second kappa shape index (κ2) is 13.7. The number of benzene rings is 1. The molecule has 3 heterocycles. The van der Waals surface area contributed by atoms with Gasteiger partial charge < -0.3 is 24.6 Å². The van der Waals surface area contributed by atoms with Gasteiger partial charge >= 0.3 is 5.97 Å². The second-order valence-corrected chi connectivity index (χ2v) is 11.7. The lowest BCUT2D eigenvalue weighted by Gasteiger charge is -2.26. The number of aromatic nitrogens is 1. The number of likely N-dealkylation sites (tertiary alicyclic amines) is 1. The summed E-state index contributed by atoms with van der Waals surface area (Å²) in [6.07, 6.45) is 10.8. The Labute approximate surface area is 238 Å². The Kier molecular flexibility index (Phi) is 9.81. The van der Waals surface area contributed by atoms with E-state index in [2.05, 4.69) is 28.4 Å². The number of rotatable bonds is 15. The molecule has 2 atom stereocenters. The molecule has 1 aromatic carbocycles. The molecule has 0 radical (unpaired) electrons. The quantitative estimate of drug-likeness (QED) is 0.289. The minimum Gasteiger partial charge on any atom is -0.496 e. The minimum absolute atomic E-state index is 0.349. The smallest absolute Gasteiger partial charge is 0.325 e. The highest BCUT2D eigenvalue weighted by Crippen LogP contribution is 2.37. The molecule has 5 rings (SSSR count). The van der Waals surface area contributed by atoms with Gasteiger partial charge in [-0.1, -0.05) is 12.5 Å². The number of methoxy groups -OCH3 is 2. The van der Waals surface area contributed by atoms with Crippen LogP contribution in [0, 0.1) is 11.8 Å². The van der Waals surface area contributed by atoms with Crippen LogP contribution in [0.15, 0.2) is 24.3 Å². The van der Waals surface area contributed by atoms with Gasteiger partial charge in [0, 0.05) is 42.6 Å². The molecule has 1 aliphatic carbocycles. The third kappa shape index (κ3) is 7.26. The Morgan fingerprint density at radius 2 is 1.95 bits per heavy atom. The summed E-state index contributed by atoms with van der Waals surface area (Å²) in [4.78, 5) is 19.3. The third-order valence-electron chi connectivity index (χ3n) is 8.55. The molecule has 8 nitrogen and oxygen atoms in total.